The van der Waals surface area contributed by atoms with Crippen LogP contribution in [0.3, 0.4) is 0 Å². The number of nitrogens with zero attached hydrogens (tertiary/aromatic N) is 2. The first kappa shape index (κ1) is 20.2. The fourth-order valence-corrected chi connectivity index (χ4v) is 3.43. The number of hydrogen-bond acceptors (Lipinski definition) is 5. The lowest BCUT2D eigenvalue weighted by molar-refractivity contribution is -0.121. The lowest BCUT2D eigenvalue weighted by Gasteiger charge is -2.19. The molecular formula is C24H20N4O3. The van der Waals surface area contributed by atoms with Crippen molar-refractivity contribution in [2.45, 2.75) is 13.3 Å². The largest absolute Gasteiger partial charge is 0.321 e. The summed E-state index contributed by atoms with van der Waals surface area (Å²) in [5, 5.41) is 6.93. The number of amides is 2. The van der Waals surface area contributed by atoms with Gasteiger partial charge in [-0.3, -0.25) is 19.4 Å². The fourth-order valence-electron chi connectivity index (χ4n) is 3.43. The molecule has 31 heavy (non-hydrogen) atoms. The monoisotopic (exact) mass is 412 g/mol. The van der Waals surface area contributed by atoms with Crippen LogP contribution in [0.4, 0.5) is 5.69 Å². The van der Waals surface area contributed by atoms with Crippen LogP contribution in [-0.4, -0.2) is 28.3 Å². The quantitative estimate of drug-likeness (QED) is 0.627. The van der Waals surface area contributed by atoms with Crippen molar-refractivity contribution < 1.29 is 14.4 Å². The Morgan fingerprint density at radius 1 is 1.00 bits per heavy atom. The minimum atomic E-state index is -0.469. The zero-order valence-corrected chi connectivity index (χ0v) is 16.8. The van der Waals surface area contributed by atoms with Gasteiger partial charge in [0.1, 0.15) is 5.69 Å². The molecule has 0 saturated carbocycles. The summed E-state index contributed by atoms with van der Waals surface area (Å²) in [4.78, 5) is 41.3. The van der Waals surface area contributed by atoms with Gasteiger partial charge in [0, 0.05) is 29.8 Å². The number of hydrogen-bond donors (Lipinski definition) is 2. The van der Waals surface area contributed by atoms with E-state index in [1.54, 1.807) is 48.5 Å². The highest BCUT2D eigenvalue weighted by atomic mass is 16.2. The van der Waals surface area contributed by atoms with Gasteiger partial charge in [-0.2, -0.15) is 5.10 Å². The molecule has 0 bridgehead atoms. The van der Waals surface area contributed by atoms with Gasteiger partial charge in [0.25, 0.3) is 5.91 Å². The van der Waals surface area contributed by atoms with Crippen molar-refractivity contribution in [1.82, 2.24) is 10.4 Å². The fraction of sp³-hybridized carbons (Fsp3) is 0.125. The van der Waals surface area contributed by atoms with Crippen molar-refractivity contribution in [1.29, 1.82) is 0 Å². The highest BCUT2D eigenvalue weighted by molar-refractivity contribution is 6.16. The van der Waals surface area contributed by atoms with E-state index in [-0.39, 0.29) is 28.9 Å². The predicted octanol–water partition coefficient (Wildman–Crippen LogP) is 3.43. The van der Waals surface area contributed by atoms with Crippen LogP contribution in [0.5, 0.6) is 0 Å². The van der Waals surface area contributed by atoms with Crippen LogP contribution in [0, 0.1) is 5.92 Å². The van der Waals surface area contributed by atoms with E-state index < -0.39 is 5.91 Å². The molecule has 0 radical (unpaired) electrons. The lowest BCUT2D eigenvalue weighted by Crippen LogP contribution is -2.31. The number of aromatic nitrogens is 1. The number of anilines is 1. The highest BCUT2D eigenvalue weighted by Crippen LogP contribution is 2.20. The van der Waals surface area contributed by atoms with E-state index in [1.807, 2.05) is 25.1 Å². The number of carbonyl (C=O) groups is 3. The summed E-state index contributed by atoms with van der Waals surface area (Å²) in [7, 11) is 0. The smallest absolute Gasteiger partial charge is 0.275 e. The van der Waals surface area contributed by atoms with Gasteiger partial charge in [0.2, 0.25) is 5.91 Å². The summed E-state index contributed by atoms with van der Waals surface area (Å²) in [5.74, 6) is -0.825. The summed E-state index contributed by atoms with van der Waals surface area (Å²) in [5.41, 5.74) is 5.51. The van der Waals surface area contributed by atoms with Crippen LogP contribution in [0.2, 0.25) is 0 Å². The summed E-state index contributed by atoms with van der Waals surface area (Å²) in [6.07, 6.45) is 1.87. The van der Waals surface area contributed by atoms with Crippen molar-refractivity contribution in [2.75, 3.05) is 5.32 Å². The number of carbonyl (C=O) groups excluding carboxylic acids is 3. The molecule has 3 aromatic rings. The SMILES string of the molecule is CC1CC(=O)NN=C1c1ccc(NC(=O)c2ncccc2C(=O)c2ccccc2)cc1. The molecule has 1 atom stereocenters. The van der Waals surface area contributed by atoms with E-state index in [2.05, 4.69) is 20.8 Å². The van der Waals surface area contributed by atoms with Crippen LogP contribution in [-0.2, 0) is 4.79 Å². The number of rotatable bonds is 5. The Morgan fingerprint density at radius 2 is 1.74 bits per heavy atom. The molecule has 1 aromatic heterocycles. The first-order chi connectivity index (χ1) is 15.0. The van der Waals surface area contributed by atoms with Crippen LogP contribution >= 0.6 is 0 Å². The Balaban J connectivity index is 1.53. The van der Waals surface area contributed by atoms with Crippen molar-refractivity contribution in [3.8, 4) is 0 Å². The van der Waals surface area contributed by atoms with E-state index in [1.165, 1.54) is 6.20 Å². The third kappa shape index (κ3) is 4.40. The van der Waals surface area contributed by atoms with Crippen LogP contribution in [0.15, 0.2) is 78.0 Å². The first-order valence-corrected chi connectivity index (χ1v) is 9.86. The molecule has 1 unspecified atom stereocenters. The summed E-state index contributed by atoms with van der Waals surface area (Å²) in [6, 6.07) is 19.2. The van der Waals surface area contributed by atoms with Gasteiger partial charge in [-0.05, 0) is 29.8 Å². The second-order valence-electron chi connectivity index (χ2n) is 7.26. The van der Waals surface area contributed by atoms with Gasteiger partial charge >= 0.3 is 0 Å². The molecule has 1 aliphatic heterocycles. The molecular weight excluding hydrogens is 392 g/mol. The maximum atomic E-state index is 12.8. The van der Waals surface area contributed by atoms with Gasteiger partial charge < -0.3 is 5.32 Å². The first-order valence-electron chi connectivity index (χ1n) is 9.86. The Hall–Kier alpha value is -4.13. The maximum Gasteiger partial charge on any atom is 0.275 e. The van der Waals surface area contributed by atoms with Gasteiger partial charge in [-0.1, -0.05) is 49.4 Å². The number of pyridine rings is 1. The minimum Gasteiger partial charge on any atom is -0.321 e. The third-order valence-corrected chi connectivity index (χ3v) is 5.00. The van der Waals surface area contributed by atoms with Crippen LogP contribution in [0.25, 0.3) is 0 Å². The molecule has 2 aromatic carbocycles. The van der Waals surface area contributed by atoms with Gasteiger partial charge in [-0.15, -0.1) is 0 Å². The molecule has 1 aliphatic rings. The topological polar surface area (TPSA) is 101 Å². The standard InChI is InChI=1S/C24H20N4O3/c1-15-14-20(29)27-28-21(15)16-9-11-18(12-10-16)26-24(31)22-19(8-5-13-25-22)23(30)17-6-3-2-4-7-17/h2-13,15H,14H2,1H3,(H,26,31)(H,27,29). The van der Waals surface area contributed by atoms with Crippen molar-refractivity contribution in [3.05, 3.63) is 95.3 Å². The molecule has 0 spiro atoms. The lowest BCUT2D eigenvalue weighted by atomic mass is 9.94. The van der Waals surface area contributed by atoms with E-state index in [4.69, 9.17) is 0 Å². The Labute approximate surface area is 179 Å². The zero-order valence-electron chi connectivity index (χ0n) is 16.8. The van der Waals surface area contributed by atoms with E-state index >= 15 is 0 Å². The van der Waals surface area contributed by atoms with Gasteiger partial charge in [-0.25, -0.2) is 5.43 Å². The molecule has 0 aliphatic carbocycles. The average Bonchev–Trinajstić information content (AvgIpc) is 2.80. The normalized spacial score (nSPS) is 15.6. The maximum absolute atomic E-state index is 12.8. The molecule has 2 amide bonds. The van der Waals surface area contributed by atoms with Gasteiger partial charge in [0.05, 0.1) is 11.3 Å². The number of benzene rings is 2. The number of hydrazone groups is 1. The molecule has 0 fully saturated rings. The molecule has 7 nitrogen and oxygen atoms in total. The second-order valence-corrected chi connectivity index (χ2v) is 7.26. The molecule has 7 heteroatoms. The zero-order chi connectivity index (χ0) is 21.8. The highest BCUT2D eigenvalue weighted by Gasteiger charge is 2.22. The Kier molecular flexibility index (Phi) is 5.66. The second kappa shape index (κ2) is 8.71. The Bertz CT molecular complexity index is 1170. The van der Waals surface area contributed by atoms with E-state index in [0.29, 0.717) is 17.7 Å². The van der Waals surface area contributed by atoms with Crippen LogP contribution in [0.1, 0.15) is 45.3 Å². The third-order valence-electron chi connectivity index (χ3n) is 5.00. The van der Waals surface area contributed by atoms with Crippen molar-refractivity contribution in [2.24, 2.45) is 11.0 Å². The number of ketones is 1. The van der Waals surface area contributed by atoms with Crippen LogP contribution < -0.4 is 10.7 Å². The van der Waals surface area contributed by atoms with Gasteiger partial charge in [0.15, 0.2) is 5.78 Å². The van der Waals surface area contributed by atoms with Crippen molar-refractivity contribution in [3.63, 3.8) is 0 Å². The molecule has 2 N–H and O–H groups in total. The average molecular weight is 412 g/mol. The van der Waals surface area contributed by atoms with E-state index in [9.17, 15) is 14.4 Å². The molecule has 154 valence electrons. The predicted molar refractivity (Wildman–Crippen MR) is 117 cm³/mol. The van der Waals surface area contributed by atoms with Crippen molar-refractivity contribution >= 4 is 29.0 Å². The number of nitrogens with one attached hydrogen (secondary N) is 2. The summed E-state index contributed by atoms with van der Waals surface area (Å²) < 4.78 is 0. The molecule has 0 saturated heterocycles. The summed E-state index contributed by atoms with van der Waals surface area (Å²) >= 11 is 0. The molecule has 2 heterocycles. The minimum absolute atomic E-state index is 0.00858. The summed E-state index contributed by atoms with van der Waals surface area (Å²) in [6.45, 7) is 1.94. The Morgan fingerprint density at radius 3 is 2.45 bits per heavy atom. The van der Waals surface area contributed by atoms with E-state index in [0.717, 1.165) is 11.3 Å². The molecule has 4 rings (SSSR count).